The number of carbonyl (C=O) groups is 1. The molecule has 1 aliphatic heterocycles. The molecule has 0 unspecified atom stereocenters. The number of hydrogen-bond acceptors (Lipinski definition) is 5. The summed E-state index contributed by atoms with van der Waals surface area (Å²) in [7, 11) is 0. The topological polar surface area (TPSA) is 64.1 Å². The number of benzene rings is 1. The normalized spacial score (nSPS) is 17.1. The molecule has 1 aromatic heterocycles. The standard InChI is InChI=1S/C14H15N3O2S/c1-2-12-16-17-14(20-12)15-13(18)10-7-9-5-3-4-6-11(9)19-8-10/h3-6,10H,2,7-8H2,1H3,(H,15,17,18)/t10-/m1/s1. The van der Waals surface area contributed by atoms with E-state index in [9.17, 15) is 4.79 Å². The van der Waals surface area contributed by atoms with Crippen LogP contribution in [0.4, 0.5) is 5.13 Å². The summed E-state index contributed by atoms with van der Waals surface area (Å²) in [5, 5.41) is 12.3. The molecule has 0 saturated carbocycles. The predicted octanol–water partition coefficient (Wildman–Crippen LogP) is 2.29. The zero-order valence-electron chi connectivity index (χ0n) is 11.1. The SMILES string of the molecule is CCc1nnc(NC(=O)[C@H]2COc3ccccc3C2)s1. The van der Waals surface area contributed by atoms with Gasteiger partial charge < -0.3 is 10.1 Å². The van der Waals surface area contributed by atoms with Crippen LogP contribution in [0.5, 0.6) is 5.75 Å². The van der Waals surface area contributed by atoms with E-state index in [4.69, 9.17) is 4.74 Å². The number of nitrogens with zero attached hydrogens (tertiary/aromatic N) is 2. The van der Waals surface area contributed by atoms with Gasteiger partial charge >= 0.3 is 0 Å². The molecule has 3 rings (SSSR count). The van der Waals surface area contributed by atoms with Crippen LogP contribution < -0.4 is 10.1 Å². The first-order valence-electron chi connectivity index (χ1n) is 6.60. The summed E-state index contributed by atoms with van der Waals surface area (Å²) < 4.78 is 5.63. The minimum atomic E-state index is -0.182. The highest BCUT2D eigenvalue weighted by Crippen LogP contribution is 2.27. The Bertz CT molecular complexity index is 626. The number of carbonyl (C=O) groups excluding carboxylic acids is 1. The van der Waals surface area contributed by atoms with Gasteiger partial charge in [0, 0.05) is 0 Å². The van der Waals surface area contributed by atoms with Gasteiger partial charge in [-0.25, -0.2) is 0 Å². The van der Waals surface area contributed by atoms with E-state index in [-0.39, 0.29) is 11.8 Å². The molecule has 6 heteroatoms. The summed E-state index contributed by atoms with van der Waals surface area (Å²) in [4.78, 5) is 12.2. The molecule has 1 atom stereocenters. The number of aromatic nitrogens is 2. The average Bonchev–Trinajstić information content (AvgIpc) is 2.94. The average molecular weight is 289 g/mol. The Balaban J connectivity index is 1.67. The van der Waals surface area contributed by atoms with Gasteiger partial charge in [-0.1, -0.05) is 36.5 Å². The van der Waals surface area contributed by atoms with E-state index in [1.165, 1.54) is 11.3 Å². The second kappa shape index (κ2) is 5.58. The smallest absolute Gasteiger partial charge is 0.233 e. The lowest BCUT2D eigenvalue weighted by atomic mass is 9.96. The summed E-state index contributed by atoms with van der Waals surface area (Å²) >= 11 is 1.42. The molecule has 5 nitrogen and oxygen atoms in total. The largest absolute Gasteiger partial charge is 0.492 e. The van der Waals surface area contributed by atoms with E-state index >= 15 is 0 Å². The van der Waals surface area contributed by atoms with Crippen molar-refractivity contribution in [2.24, 2.45) is 5.92 Å². The van der Waals surface area contributed by atoms with E-state index < -0.39 is 0 Å². The molecular weight excluding hydrogens is 274 g/mol. The van der Waals surface area contributed by atoms with Crippen LogP contribution >= 0.6 is 11.3 Å². The van der Waals surface area contributed by atoms with Gasteiger partial charge in [-0.2, -0.15) is 0 Å². The molecule has 104 valence electrons. The molecule has 0 spiro atoms. The van der Waals surface area contributed by atoms with Gasteiger partial charge in [-0.05, 0) is 24.5 Å². The van der Waals surface area contributed by atoms with Gasteiger partial charge in [0.2, 0.25) is 11.0 Å². The second-order valence-corrected chi connectivity index (χ2v) is 5.73. The fourth-order valence-electron chi connectivity index (χ4n) is 2.15. The predicted molar refractivity (Wildman–Crippen MR) is 77.0 cm³/mol. The number of para-hydroxylation sites is 1. The highest BCUT2D eigenvalue weighted by molar-refractivity contribution is 7.15. The summed E-state index contributed by atoms with van der Waals surface area (Å²) in [5.41, 5.74) is 1.07. The molecule has 0 fully saturated rings. The van der Waals surface area contributed by atoms with Gasteiger partial charge in [0.05, 0.1) is 5.92 Å². The molecule has 0 bridgehead atoms. The highest BCUT2D eigenvalue weighted by atomic mass is 32.1. The van der Waals surface area contributed by atoms with Crippen LogP contribution in [0.3, 0.4) is 0 Å². The Kier molecular flexibility index (Phi) is 3.64. The maximum absolute atomic E-state index is 12.2. The number of nitrogens with one attached hydrogen (secondary N) is 1. The fraction of sp³-hybridized carbons (Fsp3) is 0.357. The third-order valence-corrected chi connectivity index (χ3v) is 4.23. The van der Waals surface area contributed by atoms with Gasteiger partial charge in [-0.3, -0.25) is 4.79 Å². The summed E-state index contributed by atoms with van der Waals surface area (Å²) in [5.74, 6) is 0.637. The summed E-state index contributed by atoms with van der Waals surface area (Å²) in [6.45, 7) is 2.42. The van der Waals surface area contributed by atoms with Crippen LogP contribution in [0, 0.1) is 5.92 Å². The quantitative estimate of drug-likeness (QED) is 0.941. The number of ether oxygens (including phenoxy) is 1. The van der Waals surface area contributed by atoms with Gasteiger partial charge in [-0.15, -0.1) is 10.2 Å². The first kappa shape index (κ1) is 13.1. The molecule has 0 aliphatic carbocycles. The zero-order chi connectivity index (χ0) is 13.9. The molecule has 20 heavy (non-hydrogen) atoms. The zero-order valence-corrected chi connectivity index (χ0v) is 11.9. The van der Waals surface area contributed by atoms with Crippen molar-refractivity contribution in [1.29, 1.82) is 0 Å². The van der Waals surface area contributed by atoms with Gasteiger partial charge in [0.25, 0.3) is 0 Å². The monoisotopic (exact) mass is 289 g/mol. The number of anilines is 1. The van der Waals surface area contributed by atoms with Crippen molar-refractivity contribution in [2.75, 3.05) is 11.9 Å². The Labute approximate surface area is 121 Å². The van der Waals surface area contributed by atoms with Crippen LogP contribution in [-0.2, 0) is 17.6 Å². The minimum Gasteiger partial charge on any atom is -0.492 e. The number of hydrogen-bond donors (Lipinski definition) is 1. The van der Waals surface area contributed by atoms with Crippen molar-refractivity contribution in [3.63, 3.8) is 0 Å². The third kappa shape index (κ3) is 2.65. The van der Waals surface area contributed by atoms with Crippen LogP contribution in [-0.4, -0.2) is 22.7 Å². The van der Waals surface area contributed by atoms with E-state index in [1.54, 1.807) is 0 Å². The lowest BCUT2D eigenvalue weighted by molar-refractivity contribution is -0.121. The number of aryl methyl sites for hydroxylation is 1. The molecule has 1 aromatic carbocycles. The van der Waals surface area contributed by atoms with Crippen LogP contribution in [0.1, 0.15) is 17.5 Å². The molecule has 1 N–H and O–H groups in total. The van der Waals surface area contributed by atoms with E-state index in [2.05, 4.69) is 15.5 Å². The Morgan fingerprint density at radius 3 is 3.10 bits per heavy atom. The molecule has 2 heterocycles. The van der Waals surface area contributed by atoms with Crippen molar-refractivity contribution in [1.82, 2.24) is 10.2 Å². The molecule has 2 aromatic rings. The molecular formula is C14H15N3O2S. The van der Waals surface area contributed by atoms with Gasteiger partial charge in [0.1, 0.15) is 17.4 Å². The number of amides is 1. The molecule has 0 saturated heterocycles. The van der Waals surface area contributed by atoms with Crippen LogP contribution in [0.25, 0.3) is 0 Å². The van der Waals surface area contributed by atoms with Crippen LogP contribution in [0.15, 0.2) is 24.3 Å². The molecule has 1 aliphatic rings. The van der Waals surface area contributed by atoms with Crippen molar-refractivity contribution in [3.05, 3.63) is 34.8 Å². The van der Waals surface area contributed by atoms with E-state index in [0.29, 0.717) is 18.2 Å². The summed E-state index contributed by atoms with van der Waals surface area (Å²) in [6, 6.07) is 7.82. The van der Waals surface area contributed by atoms with Crippen molar-refractivity contribution in [3.8, 4) is 5.75 Å². The van der Waals surface area contributed by atoms with Crippen molar-refractivity contribution >= 4 is 22.4 Å². The van der Waals surface area contributed by atoms with Crippen molar-refractivity contribution in [2.45, 2.75) is 19.8 Å². The first-order chi connectivity index (χ1) is 9.76. The second-order valence-electron chi connectivity index (χ2n) is 4.66. The van der Waals surface area contributed by atoms with Gasteiger partial charge in [0.15, 0.2) is 0 Å². The molecule has 0 radical (unpaired) electrons. The highest BCUT2D eigenvalue weighted by Gasteiger charge is 2.26. The Hall–Kier alpha value is -1.95. The Morgan fingerprint density at radius 2 is 2.30 bits per heavy atom. The van der Waals surface area contributed by atoms with Crippen molar-refractivity contribution < 1.29 is 9.53 Å². The van der Waals surface area contributed by atoms with Crippen LogP contribution in [0.2, 0.25) is 0 Å². The third-order valence-electron chi connectivity index (χ3n) is 3.25. The Morgan fingerprint density at radius 1 is 1.45 bits per heavy atom. The maximum Gasteiger partial charge on any atom is 0.233 e. The summed E-state index contributed by atoms with van der Waals surface area (Å²) in [6.07, 6.45) is 1.52. The fourth-order valence-corrected chi connectivity index (χ4v) is 2.83. The lowest BCUT2D eigenvalue weighted by Gasteiger charge is -2.23. The number of fused-ring (bicyclic) bond motifs is 1. The maximum atomic E-state index is 12.2. The first-order valence-corrected chi connectivity index (χ1v) is 7.42. The minimum absolute atomic E-state index is 0.0571. The molecule has 1 amide bonds. The lowest BCUT2D eigenvalue weighted by Crippen LogP contribution is -2.32. The van der Waals surface area contributed by atoms with E-state index in [1.807, 2.05) is 31.2 Å². The van der Waals surface area contributed by atoms with E-state index in [0.717, 1.165) is 22.7 Å². The number of rotatable bonds is 3.